The van der Waals surface area contributed by atoms with Crippen molar-refractivity contribution in [2.75, 3.05) is 0 Å². The van der Waals surface area contributed by atoms with Crippen LogP contribution in [0.3, 0.4) is 0 Å². The molecular formula is C10H6BrF3O. The summed E-state index contributed by atoms with van der Waals surface area (Å²) in [5.41, 5.74) is -0.177. The van der Waals surface area contributed by atoms with Gasteiger partial charge in [0, 0.05) is 0 Å². The normalized spacial score (nSPS) is 12.7. The van der Waals surface area contributed by atoms with Crippen molar-refractivity contribution < 1.29 is 18.0 Å². The van der Waals surface area contributed by atoms with Gasteiger partial charge in [-0.25, -0.2) is 0 Å². The van der Waals surface area contributed by atoms with Gasteiger partial charge in [0.25, 0.3) is 0 Å². The van der Waals surface area contributed by atoms with Gasteiger partial charge in [0.15, 0.2) is 6.29 Å². The molecule has 0 bridgehead atoms. The van der Waals surface area contributed by atoms with Gasteiger partial charge in [-0.15, -0.1) is 0 Å². The lowest BCUT2D eigenvalue weighted by molar-refractivity contribution is -0.137. The van der Waals surface area contributed by atoms with Crippen LogP contribution in [0.5, 0.6) is 0 Å². The summed E-state index contributed by atoms with van der Waals surface area (Å²) in [6, 6.07) is 4.54. The molecule has 0 aromatic heterocycles. The molecule has 0 atom stereocenters. The highest BCUT2D eigenvalue weighted by molar-refractivity contribution is 9.12. The lowest BCUT2D eigenvalue weighted by Crippen LogP contribution is -2.03. The summed E-state index contributed by atoms with van der Waals surface area (Å²) < 4.78 is 36.8. The highest BCUT2D eigenvalue weighted by Gasteiger charge is 2.29. The fraction of sp³-hybridized carbons (Fsp3) is 0.100. The van der Waals surface area contributed by atoms with Crippen molar-refractivity contribution in [2.45, 2.75) is 6.18 Å². The monoisotopic (exact) mass is 278 g/mol. The van der Waals surface area contributed by atoms with Crippen LogP contribution in [-0.2, 0) is 11.0 Å². The maximum atomic E-state index is 12.2. The molecule has 1 rings (SSSR count). The Kier molecular flexibility index (Phi) is 3.68. The molecule has 15 heavy (non-hydrogen) atoms. The molecule has 0 heterocycles. The van der Waals surface area contributed by atoms with Gasteiger partial charge in [-0.05, 0) is 39.7 Å². The zero-order chi connectivity index (χ0) is 11.5. The number of alkyl halides is 3. The van der Waals surface area contributed by atoms with Gasteiger partial charge in [-0.2, -0.15) is 13.2 Å². The van der Waals surface area contributed by atoms with Crippen LogP contribution in [0, 0.1) is 0 Å². The number of hydrogen-bond acceptors (Lipinski definition) is 1. The highest BCUT2D eigenvalue weighted by Crippen LogP contribution is 2.29. The molecule has 0 saturated heterocycles. The van der Waals surface area contributed by atoms with E-state index in [2.05, 4.69) is 15.9 Å². The van der Waals surface area contributed by atoms with Gasteiger partial charge < -0.3 is 0 Å². The van der Waals surface area contributed by atoms with Crippen molar-refractivity contribution in [1.82, 2.24) is 0 Å². The first-order valence-corrected chi connectivity index (χ1v) is 4.72. The third-order valence-electron chi connectivity index (χ3n) is 1.66. The summed E-state index contributed by atoms with van der Waals surface area (Å²) in [6.07, 6.45) is -2.32. The second-order valence-electron chi connectivity index (χ2n) is 2.77. The van der Waals surface area contributed by atoms with Crippen molar-refractivity contribution in [3.8, 4) is 0 Å². The van der Waals surface area contributed by atoms with E-state index in [4.69, 9.17) is 0 Å². The lowest BCUT2D eigenvalue weighted by atomic mass is 10.1. The van der Waals surface area contributed by atoms with Gasteiger partial charge in [0.2, 0.25) is 0 Å². The van der Waals surface area contributed by atoms with Gasteiger partial charge in [-0.1, -0.05) is 12.1 Å². The molecule has 0 fully saturated rings. The van der Waals surface area contributed by atoms with Crippen LogP contribution >= 0.6 is 15.9 Å². The molecule has 0 unspecified atom stereocenters. The quantitative estimate of drug-likeness (QED) is 0.596. The van der Waals surface area contributed by atoms with Gasteiger partial charge in [0.1, 0.15) is 0 Å². The number of halogens is 4. The summed E-state index contributed by atoms with van der Waals surface area (Å²) in [5, 5.41) is 0. The zero-order valence-corrected chi connectivity index (χ0v) is 8.97. The van der Waals surface area contributed by atoms with Crippen LogP contribution in [0.15, 0.2) is 28.7 Å². The largest absolute Gasteiger partial charge is 0.416 e. The van der Waals surface area contributed by atoms with E-state index < -0.39 is 11.7 Å². The van der Waals surface area contributed by atoms with Gasteiger partial charge >= 0.3 is 6.18 Å². The number of allylic oxidation sites excluding steroid dienone is 1. The summed E-state index contributed by atoms with van der Waals surface area (Å²) in [7, 11) is 0. The Labute approximate surface area is 92.7 Å². The van der Waals surface area contributed by atoms with Crippen LogP contribution < -0.4 is 0 Å². The van der Waals surface area contributed by atoms with Gasteiger partial charge in [-0.3, -0.25) is 4.79 Å². The summed E-state index contributed by atoms with van der Waals surface area (Å²) in [6.45, 7) is 0. The lowest BCUT2D eigenvalue weighted by Gasteiger charge is -2.05. The maximum absolute atomic E-state index is 12.2. The maximum Gasteiger partial charge on any atom is 0.416 e. The van der Waals surface area contributed by atoms with Crippen molar-refractivity contribution in [3.63, 3.8) is 0 Å². The van der Waals surface area contributed by atoms with Crippen LogP contribution in [0.25, 0.3) is 6.08 Å². The molecule has 1 aromatic carbocycles. The third kappa shape index (κ3) is 3.51. The molecule has 80 valence electrons. The second-order valence-corrected chi connectivity index (χ2v) is 3.68. The van der Waals surface area contributed by atoms with Crippen LogP contribution in [0.4, 0.5) is 13.2 Å². The van der Waals surface area contributed by atoms with Crippen LogP contribution in [-0.4, -0.2) is 6.29 Å². The number of benzene rings is 1. The predicted molar refractivity (Wildman–Crippen MR) is 54.4 cm³/mol. The molecule has 1 aromatic rings. The predicted octanol–water partition coefficient (Wildman–Crippen LogP) is 3.64. The fourth-order valence-corrected chi connectivity index (χ4v) is 1.23. The Morgan fingerprint density at radius 3 is 2.13 bits per heavy atom. The minimum Gasteiger partial charge on any atom is -0.297 e. The molecular weight excluding hydrogens is 273 g/mol. The topological polar surface area (TPSA) is 17.1 Å². The Bertz CT molecular complexity index is 379. The molecule has 0 amide bonds. The van der Waals surface area contributed by atoms with Crippen LogP contribution in [0.1, 0.15) is 11.1 Å². The summed E-state index contributed by atoms with van der Waals surface area (Å²) >= 11 is 2.94. The average molecular weight is 279 g/mol. The van der Waals surface area contributed by atoms with Gasteiger partial charge in [0.05, 0.1) is 10.0 Å². The Hall–Kier alpha value is -1.10. The van der Waals surface area contributed by atoms with Crippen LogP contribution in [0.2, 0.25) is 0 Å². The van der Waals surface area contributed by atoms with E-state index in [0.29, 0.717) is 11.8 Å². The zero-order valence-electron chi connectivity index (χ0n) is 7.38. The summed E-state index contributed by atoms with van der Waals surface area (Å²) in [4.78, 5) is 10.2. The Morgan fingerprint density at radius 1 is 1.20 bits per heavy atom. The molecule has 5 heteroatoms. The van der Waals surface area contributed by atoms with E-state index >= 15 is 0 Å². The van der Waals surface area contributed by atoms with E-state index in [9.17, 15) is 18.0 Å². The van der Waals surface area contributed by atoms with E-state index in [0.717, 1.165) is 12.1 Å². The minimum atomic E-state index is -4.33. The number of rotatable bonds is 2. The molecule has 0 aliphatic carbocycles. The summed E-state index contributed by atoms with van der Waals surface area (Å²) in [5.74, 6) is 0. The minimum absolute atomic E-state index is 0.280. The van der Waals surface area contributed by atoms with E-state index in [-0.39, 0.29) is 4.48 Å². The smallest absolute Gasteiger partial charge is 0.297 e. The van der Waals surface area contributed by atoms with E-state index in [1.165, 1.54) is 18.2 Å². The number of aldehydes is 1. The highest BCUT2D eigenvalue weighted by atomic mass is 79.9. The number of hydrogen-bond donors (Lipinski definition) is 0. The Balaban J connectivity index is 2.96. The fourth-order valence-electron chi connectivity index (χ4n) is 0.962. The molecule has 0 spiro atoms. The first-order valence-electron chi connectivity index (χ1n) is 3.93. The van der Waals surface area contributed by atoms with Crippen molar-refractivity contribution in [3.05, 3.63) is 39.9 Å². The molecule has 0 radical (unpaired) electrons. The van der Waals surface area contributed by atoms with Crippen molar-refractivity contribution in [1.29, 1.82) is 0 Å². The molecule has 1 nitrogen and oxygen atoms in total. The third-order valence-corrected chi connectivity index (χ3v) is 2.07. The van der Waals surface area contributed by atoms with Crippen molar-refractivity contribution >= 4 is 28.3 Å². The first-order chi connectivity index (χ1) is 6.93. The average Bonchev–Trinajstić information content (AvgIpc) is 2.17. The van der Waals surface area contributed by atoms with E-state index in [1.54, 1.807) is 0 Å². The first kappa shape index (κ1) is 12.0. The standard InChI is InChI=1S/C10H6BrF3O/c11-9(6-15)5-7-1-3-8(4-2-7)10(12,13)14/h1-6H/b9-5-. The molecule has 0 N–H and O–H groups in total. The Morgan fingerprint density at radius 2 is 1.73 bits per heavy atom. The number of carbonyl (C=O) groups is 1. The molecule has 0 aliphatic rings. The second kappa shape index (κ2) is 4.61. The van der Waals surface area contributed by atoms with E-state index in [1.807, 2.05) is 0 Å². The molecule has 0 saturated carbocycles. The van der Waals surface area contributed by atoms with Crippen molar-refractivity contribution in [2.24, 2.45) is 0 Å². The number of carbonyl (C=O) groups excluding carboxylic acids is 1. The molecule has 0 aliphatic heterocycles. The SMILES string of the molecule is O=C/C(Br)=C/c1ccc(C(F)(F)F)cc1.